The van der Waals surface area contributed by atoms with Gasteiger partial charge in [-0.15, -0.1) is 0 Å². The van der Waals surface area contributed by atoms with Gasteiger partial charge in [0.2, 0.25) is 10.0 Å². The first-order valence-electron chi connectivity index (χ1n) is 5.34. The van der Waals surface area contributed by atoms with Gasteiger partial charge in [0.15, 0.2) is 0 Å². The Hall–Kier alpha value is -0.960. The lowest BCUT2D eigenvalue weighted by Crippen LogP contribution is -2.47. The van der Waals surface area contributed by atoms with E-state index in [0.29, 0.717) is 5.56 Å². The van der Waals surface area contributed by atoms with Gasteiger partial charge in [-0.05, 0) is 37.6 Å². The lowest BCUT2D eigenvalue weighted by atomic mass is 10.2. The topological polar surface area (TPSA) is 104 Å². The maximum Gasteiger partial charge on any atom is 0.324 e. The summed E-state index contributed by atoms with van der Waals surface area (Å²) >= 11 is 3.24. The molecule has 1 rings (SSSR count). The van der Waals surface area contributed by atoms with Gasteiger partial charge < -0.3 is 10.2 Å². The highest BCUT2D eigenvalue weighted by Gasteiger charge is 2.29. The van der Waals surface area contributed by atoms with Crippen LogP contribution in [0.5, 0.6) is 0 Å². The Balaban J connectivity index is 3.10. The number of rotatable bonds is 5. The van der Waals surface area contributed by atoms with Crippen LogP contribution in [0.25, 0.3) is 0 Å². The molecule has 1 aromatic carbocycles. The zero-order valence-electron chi connectivity index (χ0n) is 10.3. The second kappa shape index (κ2) is 6.00. The summed E-state index contributed by atoms with van der Waals surface area (Å²) in [5, 5.41) is 18.1. The van der Waals surface area contributed by atoms with Gasteiger partial charge in [0.25, 0.3) is 0 Å². The van der Waals surface area contributed by atoms with Crippen molar-refractivity contribution in [1.82, 2.24) is 4.72 Å². The van der Waals surface area contributed by atoms with Crippen molar-refractivity contribution >= 4 is 31.9 Å². The number of hydrogen-bond acceptors (Lipinski definition) is 4. The molecule has 0 radical (unpaired) electrons. The van der Waals surface area contributed by atoms with Crippen LogP contribution < -0.4 is 4.72 Å². The SMILES string of the molecule is Cc1cc(S(=O)(=O)NC(C(=O)O)C(C)O)ccc1Br. The lowest BCUT2D eigenvalue weighted by Gasteiger charge is -2.17. The first-order valence-corrected chi connectivity index (χ1v) is 7.62. The van der Waals surface area contributed by atoms with Crippen molar-refractivity contribution in [2.75, 3.05) is 0 Å². The molecule has 0 aromatic heterocycles. The first-order chi connectivity index (χ1) is 8.65. The van der Waals surface area contributed by atoms with Gasteiger partial charge in [-0.3, -0.25) is 4.79 Å². The number of carboxylic acid groups (broad SMARTS) is 1. The molecule has 2 unspecified atom stereocenters. The summed E-state index contributed by atoms with van der Waals surface area (Å²) in [6.45, 7) is 2.92. The van der Waals surface area contributed by atoms with Crippen LogP contribution in [-0.4, -0.2) is 36.7 Å². The maximum atomic E-state index is 12.0. The van der Waals surface area contributed by atoms with Gasteiger partial charge in [-0.25, -0.2) is 8.42 Å². The Bertz CT molecular complexity index is 585. The largest absolute Gasteiger partial charge is 0.480 e. The molecule has 3 N–H and O–H groups in total. The fraction of sp³-hybridized carbons (Fsp3) is 0.364. The zero-order valence-corrected chi connectivity index (χ0v) is 12.7. The smallest absolute Gasteiger partial charge is 0.324 e. The van der Waals surface area contributed by atoms with Gasteiger partial charge in [0, 0.05) is 4.47 Å². The third-order valence-corrected chi connectivity index (χ3v) is 4.80. The second-order valence-electron chi connectivity index (χ2n) is 4.09. The Labute approximate surface area is 119 Å². The highest BCUT2D eigenvalue weighted by Crippen LogP contribution is 2.20. The van der Waals surface area contributed by atoms with E-state index in [1.807, 2.05) is 4.72 Å². The van der Waals surface area contributed by atoms with Crippen LogP contribution in [0.1, 0.15) is 12.5 Å². The minimum absolute atomic E-state index is 0.0555. The summed E-state index contributed by atoms with van der Waals surface area (Å²) in [4.78, 5) is 10.8. The summed E-state index contributed by atoms with van der Waals surface area (Å²) in [6.07, 6.45) is -1.34. The van der Waals surface area contributed by atoms with E-state index < -0.39 is 28.1 Å². The maximum absolute atomic E-state index is 12.0. The number of hydrogen-bond donors (Lipinski definition) is 3. The third kappa shape index (κ3) is 4.00. The van der Waals surface area contributed by atoms with E-state index in [1.165, 1.54) is 19.1 Å². The number of sulfonamides is 1. The minimum atomic E-state index is -4.00. The van der Waals surface area contributed by atoms with E-state index in [2.05, 4.69) is 15.9 Å². The van der Waals surface area contributed by atoms with E-state index >= 15 is 0 Å². The standard InChI is InChI=1S/C11H14BrNO5S/c1-6-5-8(3-4-9(6)12)19(17,18)13-10(7(2)14)11(15)16/h3-5,7,10,13-14H,1-2H3,(H,15,16). The summed E-state index contributed by atoms with van der Waals surface area (Å²) in [5.74, 6) is -1.44. The van der Waals surface area contributed by atoms with Crippen molar-refractivity contribution in [3.63, 3.8) is 0 Å². The molecule has 0 aliphatic heterocycles. The van der Waals surface area contributed by atoms with Gasteiger partial charge in [-0.1, -0.05) is 15.9 Å². The summed E-state index contributed by atoms with van der Waals surface area (Å²) in [5.41, 5.74) is 0.701. The number of aliphatic carboxylic acids is 1. The molecule has 0 aliphatic rings. The molecular weight excluding hydrogens is 338 g/mol. The van der Waals surface area contributed by atoms with Crippen LogP contribution >= 0.6 is 15.9 Å². The Morgan fingerprint density at radius 2 is 2.00 bits per heavy atom. The van der Waals surface area contributed by atoms with E-state index in [1.54, 1.807) is 13.0 Å². The number of halogens is 1. The average molecular weight is 352 g/mol. The Morgan fingerprint density at radius 1 is 1.42 bits per heavy atom. The molecule has 8 heteroatoms. The summed E-state index contributed by atoms with van der Waals surface area (Å²) in [6, 6.07) is 2.73. The average Bonchev–Trinajstić information content (AvgIpc) is 2.28. The number of carbonyl (C=O) groups is 1. The molecule has 0 bridgehead atoms. The lowest BCUT2D eigenvalue weighted by molar-refractivity contribution is -0.141. The quantitative estimate of drug-likeness (QED) is 0.730. The molecule has 0 fully saturated rings. The van der Waals surface area contributed by atoms with Gasteiger partial charge in [0.05, 0.1) is 11.0 Å². The van der Waals surface area contributed by atoms with E-state index in [9.17, 15) is 18.3 Å². The number of benzene rings is 1. The monoisotopic (exact) mass is 351 g/mol. The Morgan fingerprint density at radius 3 is 2.42 bits per heavy atom. The van der Waals surface area contributed by atoms with Gasteiger partial charge in [-0.2, -0.15) is 4.72 Å². The second-order valence-corrected chi connectivity index (χ2v) is 6.66. The van der Waals surface area contributed by atoms with Crippen molar-refractivity contribution in [3.8, 4) is 0 Å². The van der Waals surface area contributed by atoms with Crippen LogP contribution in [0, 0.1) is 6.92 Å². The number of aliphatic hydroxyl groups is 1. The molecule has 19 heavy (non-hydrogen) atoms. The molecular formula is C11H14BrNO5S. The van der Waals surface area contributed by atoms with Crippen molar-refractivity contribution in [1.29, 1.82) is 0 Å². The van der Waals surface area contributed by atoms with Crippen LogP contribution in [0.2, 0.25) is 0 Å². The predicted molar refractivity (Wildman–Crippen MR) is 72.3 cm³/mol. The number of carboxylic acids is 1. The van der Waals surface area contributed by atoms with Crippen LogP contribution in [0.4, 0.5) is 0 Å². The third-order valence-electron chi connectivity index (χ3n) is 2.47. The molecule has 2 atom stereocenters. The van der Waals surface area contributed by atoms with E-state index in [4.69, 9.17) is 5.11 Å². The molecule has 0 spiro atoms. The summed E-state index contributed by atoms with van der Waals surface area (Å²) in [7, 11) is -4.00. The van der Waals surface area contributed by atoms with Crippen molar-refractivity contribution in [2.45, 2.75) is 30.9 Å². The van der Waals surface area contributed by atoms with Crippen molar-refractivity contribution in [3.05, 3.63) is 28.2 Å². The highest BCUT2D eigenvalue weighted by atomic mass is 79.9. The first kappa shape index (κ1) is 16.1. The normalized spacial score (nSPS) is 14.9. The predicted octanol–water partition coefficient (Wildman–Crippen LogP) is 0.870. The van der Waals surface area contributed by atoms with Crippen LogP contribution in [-0.2, 0) is 14.8 Å². The van der Waals surface area contributed by atoms with E-state index in [-0.39, 0.29) is 4.90 Å². The fourth-order valence-electron chi connectivity index (χ4n) is 1.37. The number of aliphatic hydroxyl groups excluding tert-OH is 1. The molecule has 0 heterocycles. The van der Waals surface area contributed by atoms with E-state index in [0.717, 1.165) is 4.47 Å². The minimum Gasteiger partial charge on any atom is -0.480 e. The molecule has 0 aliphatic carbocycles. The summed E-state index contributed by atoms with van der Waals surface area (Å²) < 4.78 is 26.7. The van der Waals surface area contributed by atoms with Gasteiger partial charge in [0.1, 0.15) is 6.04 Å². The molecule has 106 valence electrons. The number of nitrogens with one attached hydrogen (secondary N) is 1. The highest BCUT2D eigenvalue weighted by molar-refractivity contribution is 9.10. The Kier molecular flexibility index (Phi) is 5.08. The molecule has 1 aromatic rings. The molecule has 6 nitrogen and oxygen atoms in total. The van der Waals surface area contributed by atoms with Crippen LogP contribution in [0.3, 0.4) is 0 Å². The van der Waals surface area contributed by atoms with Gasteiger partial charge >= 0.3 is 5.97 Å². The van der Waals surface area contributed by atoms with Crippen molar-refractivity contribution < 1.29 is 23.4 Å². The molecule has 0 saturated carbocycles. The van der Waals surface area contributed by atoms with Crippen molar-refractivity contribution in [2.24, 2.45) is 0 Å². The zero-order chi connectivity index (χ0) is 14.8. The fourth-order valence-corrected chi connectivity index (χ4v) is 2.97. The molecule has 0 amide bonds. The molecule has 0 saturated heterocycles. The number of aryl methyl sites for hydroxylation is 1. The van der Waals surface area contributed by atoms with Crippen LogP contribution in [0.15, 0.2) is 27.6 Å².